The molecule has 1 aromatic carbocycles. The van der Waals surface area contributed by atoms with E-state index in [1.165, 1.54) is 0 Å². The Morgan fingerprint density at radius 2 is 1.71 bits per heavy atom. The highest BCUT2D eigenvalue weighted by atomic mass is 14.9. The summed E-state index contributed by atoms with van der Waals surface area (Å²) in [5.41, 5.74) is 4.55. The third kappa shape index (κ3) is 1.02. The van der Waals surface area contributed by atoms with Gasteiger partial charge < -0.3 is 0 Å². The second-order valence-electron chi connectivity index (χ2n) is 11.3. The summed E-state index contributed by atoms with van der Waals surface area (Å²) >= 11 is 0. The standard InChI is InChI=1S/C24H30/c1-15(2)24-10-16-8-18-19(24)11-21-12-22(24,13-21)20(9-16)23(18,14-21)17-6-4-3-5-7-17/h3-7,15-16,18-20H,8-14H2,1-2H3. The van der Waals surface area contributed by atoms with E-state index in [2.05, 4.69) is 44.2 Å². The first kappa shape index (κ1) is 13.4. The van der Waals surface area contributed by atoms with E-state index in [0.717, 1.165) is 45.8 Å². The van der Waals surface area contributed by atoms with Crippen LogP contribution in [0.4, 0.5) is 0 Å². The monoisotopic (exact) mass is 318 g/mol. The van der Waals surface area contributed by atoms with Gasteiger partial charge in [-0.3, -0.25) is 0 Å². The van der Waals surface area contributed by atoms with E-state index < -0.39 is 0 Å². The van der Waals surface area contributed by atoms with Gasteiger partial charge in [0, 0.05) is 5.41 Å². The molecule has 10 fully saturated rings. The Hall–Kier alpha value is -0.780. The van der Waals surface area contributed by atoms with Crippen LogP contribution in [0.3, 0.4) is 0 Å². The molecule has 6 unspecified atom stereocenters. The summed E-state index contributed by atoms with van der Waals surface area (Å²) in [7, 11) is 0. The highest BCUT2D eigenvalue weighted by Gasteiger charge is 2.88. The molecule has 0 saturated heterocycles. The number of hydrogen-bond acceptors (Lipinski definition) is 0. The van der Waals surface area contributed by atoms with Gasteiger partial charge in [-0.15, -0.1) is 0 Å². The number of hydrogen-bond donors (Lipinski definition) is 0. The minimum Gasteiger partial charge on any atom is -0.0622 e. The van der Waals surface area contributed by atoms with Crippen LogP contribution in [0.1, 0.15) is 64.4 Å². The van der Waals surface area contributed by atoms with Crippen LogP contribution in [-0.2, 0) is 5.41 Å². The summed E-state index contributed by atoms with van der Waals surface area (Å²) < 4.78 is 0. The van der Waals surface area contributed by atoms with Crippen LogP contribution in [0.15, 0.2) is 30.3 Å². The first-order valence-corrected chi connectivity index (χ1v) is 10.6. The number of benzene rings is 1. The van der Waals surface area contributed by atoms with Gasteiger partial charge in [-0.2, -0.15) is 0 Å². The molecule has 0 radical (unpaired) electrons. The van der Waals surface area contributed by atoms with Crippen molar-refractivity contribution >= 4 is 0 Å². The molecule has 0 aromatic heterocycles. The van der Waals surface area contributed by atoms with Crippen molar-refractivity contribution in [2.45, 2.75) is 64.2 Å². The van der Waals surface area contributed by atoms with Crippen molar-refractivity contribution in [3.8, 4) is 0 Å². The van der Waals surface area contributed by atoms with Crippen LogP contribution in [0.25, 0.3) is 0 Å². The molecule has 11 rings (SSSR count). The molecule has 10 saturated carbocycles. The second-order valence-corrected chi connectivity index (χ2v) is 11.3. The lowest BCUT2D eigenvalue weighted by molar-refractivity contribution is -0.417. The maximum Gasteiger partial charge on any atom is 0.00233 e. The van der Waals surface area contributed by atoms with Gasteiger partial charge in [0.2, 0.25) is 0 Å². The molecule has 10 aliphatic carbocycles. The zero-order chi connectivity index (χ0) is 15.9. The van der Waals surface area contributed by atoms with E-state index in [1.807, 2.05) is 0 Å². The fourth-order valence-electron chi connectivity index (χ4n) is 11.1. The molecule has 2 spiro atoms. The van der Waals surface area contributed by atoms with Crippen LogP contribution in [0.5, 0.6) is 0 Å². The molecule has 6 atom stereocenters. The quantitative estimate of drug-likeness (QED) is 0.645. The zero-order valence-electron chi connectivity index (χ0n) is 15.2. The van der Waals surface area contributed by atoms with Crippen molar-refractivity contribution in [2.24, 2.45) is 45.8 Å². The SMILES string of the molecule is CC(C)C12CC3CC4C1CC15CC4(c4ccccc4)C(C3)C2(C1)C5. The molecule has 8 bridgehead atoms. The first-order valence-electron chi connectivity index (χ1n) is 10.6. The summed E-state index contributed by atoms with van der Waals surface area (Å²) in [6, 6.07) is 11.9. The molecule has 1 aromatic rings. The molecule has 10 aliphatic rings. The van der Waals surface area contributed by atoms with Crippen LogP contribution in [0, 0.1) is 45.8 Å². The molecule has 0 N–H and O–H groups in total. The van der Waals surface area contributed by atoms with E-state index in [-0.39, 0.29) is 0 Å². The van der Waals surface area contributed by atoms with Gasteiger partial charge in [0.25, 0.3) is 0 Å². The van der Waals surface area contributed by atoms with Gasteiger partial charge in [-0.25, -0.2) is 0 Å². The van der Waals surface area contributed by atoms with E-state index in [1.54, 1.807) is 50.5 Å². The predicted molar refractivity (Wildman–Crippen MR) is 96.5 cm³/mol. The molecular formula is C24H30. The van der Waals surface area contributed by atoms with Gasteiger partial charge in [0.15, 0.2) is 0 Å². The lowest BCUT2D eigenvalue weighted by Crippen LogP contribution is -2.86. The summed E-state index contributed by atoms with van der Waals surface area (Å²) in [6.45, 7) is 5.19. The van der Waals surface area contributed by atoms with Crippen molar-refractivity contribution in [1.29, 1.82) is 0 Å². The minimum absolute atomic E-state index is 0.579. The molecule has 0 aliphatic heterocycles. The van der Waals surface area contributed by atoms with Gasteiger partial charge in [-0.05, 0) is 96.3 Å². The fourth-order valence-corrected chi connectivity index (χ4v) is 11.1. The summed E-state index contributed by atoms with van der Waals surface area (Å²) in [5.74, 6) is 5.06. The van der Waals surface area contributed by atoms with Gasteiger partial charge >= 0.3 is 0 Å². The average Bonchev–Trinajstić information content (AvgIpc) is 2.58. The fraction of sp³-hybridized carbons (Fsp3) is 0.750. The molecule has 0 heterocycles. The lowest BCUT2D eigenvalue weighted by Gasteiger charge is -2.92. The third-order valence-electron chi connectivity index (χ3n) is 10.9. The van der Waals surface area contributed by atoms with Crippen LogP contribution in [0.2, 0.25) is 0 Å². The summed E-state index contributed by atoms with van der Waals surface area (Å²) in [6.07, 6.45) is 11.1. The van der Waals surface area contributed by atoms with E-state index >= 15 is 0 Å². The molecule has 0 amide bonds. The van der Waals surface area contributed by atoms with Crippen molar-refractivity contribution in [2.75, 3.05) is 0 Å². The Labute approximate surface area is 146 Å². The van der Waals surface area contributed by atoms with Gasteiger partial charge in [-0.1, -0.05) is 44.2 Å². The van der Waals surface area contributed by atoms with E-state index in [9.17, 15) is 0 Å². The van der Waals surface area contributed by atoms with E-state index in [4.69, 9.17) is 0 Å². The lowest BCUT2D eigenvalue weighted by atomic mass is 9.12. The van der Waals surface area contributed by atoms with E-state index in [0.29, 0.717) is 5.41 Å². The van der Waals surface area contributed by atoms with Crippen molar-refractivity contribution in [3.63, 3.8) is 0 Å². The largest absolute Gasteiger partial charge is 0.0622 e. The Morgan fingerprint density at radius 3 is 2.46 bits per heavy atom. The number of rotatable bonds is 2. The van der Waals surface area contributed by atoms with Crippen molar-refractivity contribution in [1.82, 2.24) is 0 Å². The summed E-state index contributed by atoms with van der Waals surface area (Å²) in [5, 5.41) is 0. The van der Waals surface area contributed by atoms with Crippen molar-refractivity contribution in [3.05, 3.63) is 35.9 Å². The van der Waals surface area contributed by atoms with Crippen LogP contribution < -0.4 is 0 Å². The Balaban J connectivity index is 1.53. The zero-order valence-corrected chi connectivity index (χ0v) is 15.2. The molecular weight excluding hydrogens is 288 g/mol. The highest BCUT2D eigenvalue weighted by Crippen LogP contribution is 2.94. The molecule has 0 nitrogen and oxygen atoms in total. The predicted octanol–water partition coefficient (Wildman–Crippen LogP) is 5.82. The van der Waals surface area contributed by atoms with Gasteiger partial charge in [0.05, 0.1) is 0 Å². The second kappa shape index (κ2) is 3.53. The Morgan fingerprint density at radius 1 is 0.917 bits per heavy atom. The third-order valence-corrected chi connectivity index (χ3v) is 10.9. The van der Waals surface area contributed by atoms with Crippen molar-refractivity contribution < 1.29 is 0 Å². The van der Waals surface area contributed by atoms with Crippen LogP contribution in [-0.4, -0.2) is 0 Å². The smallest absolute Gasteiger partial charge is 0.00233 e. The normalized spacial score (nSPS) is 60.8. The maximum absolute atomic E-state index is 2.60. The molecule has 24 heavy (non-hydrogen) atoms. The van der Waals surface area contributed by atoms with Gasteiger partial charge in [0.1, 0.15) is 0 Å². The Kier molecular flexibility index (Phi) is 1.98. The first-order chi connectivity index (χ1) is 11.6. The highest BCUT2D eigenvalue weighted by molar-refractivity contribution is 5.45. The summed E-state index contributed by atoms with van der Waals surface area (Å²) in [4.78, 5) is 0. The molecule has 126 valence electrons. The van der Waals surface area contributed by atoms with Crippen LogP contribution >= 0.6 is 0 Å². The minimum atomic E-state index is 0.579. The Bertz CT molecular complexity index is 733. The molecule has 0 heteroatoms. The average molecular weight is 319 g/mol. The topological polar surface area (TPSA) is 0 Å². The maximum atomic E-state index is 2.60.